The molecule has 0 aliphatic rings. The molecule has 0 aromatic rings. The van der Waals surface area contributed by atoms with Crippen LogP contribution >= 0.6 is 0 Å². The molecule has 0 rings (SSSR count). The summed E-state index contributed by atoms with van der Waals surface area (Å²) in [5.41, 5.74) is 0. The number of hydrogen-bond acceptors (Lipinski definition) is 1. The molecule has 0 spiro atoms. The first kappa shape index (κ1) is 12.9. The highest BCUT2D eigenvalue weighted by molar-refractivity contribution is 5.49. The summed E-state index contributed by atoms with van der Waals surface area (Å²) in [7, 11) is 0. The van der Waals surface area contributed by atoms with Crippen molar-refractivity contribution in [2.75, 3.05) is 0 Å². The predicted molar refractivity (Wildman–Crippen MR) is 62.2 cm³/mol. The van der Waals surface area contributed by atoms with Crippen LogP contribution in [0.4, 0.5) is 0 Å². The average Bonchev–Trinajstić information content (AvgIpc) is 2.20. The summed E-state index contributed by atoms with van der Waals surface area (Å²) in [5, 5.41) is 0. The minimum atomic E-state index is 0.603. The van der Waals surface area contributed by atoms with E-state index >= 15 is 0 Å². The third kappa shape index (κ3) is 8.98. The minimum absolute atomic E-state index is 0.603. The van der Waals surface area contributed by atoms with Crippen molar-refractivity contribution in [3.05, 3.63) is 36.5 Å². The Balaban J connectivity index is 3.54. The minimum Gasteiger partial charge on any atom is -0.303 e. The van der Waals surface area contributed by atoms with Crippen molar-refractivity contribution in [2.45, 2.75) is 33.1 Å². The standard InChI is InChI=1S/C13H20O/c1-3-4-5-6-7-8-10-13(2)11-9-12-14/h3-8,12-13H,9-11H2,1-2H3/b4-3+,6-5+,8-7+/t13-/m0/s1. The van der Waals surface area contributed by atoms with Crippen LogP contribution < -0.4 is 0 Å². The summed E-state index contributed by atoms with van der Waals surface area (Å²) in [4.78, 5) is 10.1. The van der Waals surface area contributed by atoms with E-state index in [1.807, 2.05) is 31.2 Å². The molecule has 14 heavy (non-hydrogen) atoms. The first-order valence-corrected chi connectivity index (χ1v) is 5.19. The first-order valence-electron chi connectivity index (χ1n) is 5.19. The van der Waals surface area contributed by atoms with Crippen LogP contribution in [0.25, 0.3) is 0 Å². The molecule has 0 aliphatic heterocycles. The van der Waals surface area contributed by atoms with Gasteiger partial charge < -0.3 is 4.79 Å². The normalized spacial score (nSPS) is 14.4. The van der Waals surface area contributed by atoms with Crippen LogP contribution in [-0.4, -0.2) is 6.29 Å². The highest BCUT2D eigenvalue weighted by atomic mass is 16.1. The highest BCUT2D eigenvalue weighted by Gasteiger charge is 1.97. The fourth-order valence-electron chi connectivity index (χ4n) is 1.10. The van der Waals surface area contributed by atoms with Crippen molar-refractivity contribution in [2.24, 2.45) is 5.92 Å². The van der Waals surface area contributed by atoms with Crippen molar-refractivity contribution < 1.29 is 4.79 Å². The monoisotopic (exact) mass is 192 g/mol. The van der Waals surface area contributed by atoms with Gasteiger partial charge in [-0.1, -0.05) is 43.4 Å². The Morgan fingerprint density at radius 1 is 1.14 bits per heavy atom. The van der Waals surface area contributed by atoms with E-state index in [0.717, 1.165) is 19.1 Å². The van der Waals surface area contributed by atoms with Crippen LogP contribution in [0.15, 0.2) is 36.5 Å². The van der Waals surface area contributed by atoms with Gasteiger partial charge in [-0.2, -0.15) is 0 Å². The molecule has 0 N–H and O–H groups in total. The van der Waals surface area contributed by atoms with Gasteiger partial charge in [0.2, 0.25) is 0 Å². The molecule has 78 valence electrons. The molecule has 0 aromatic heterocycles. The van der Waals surface area contributed by atoms with Gasteiger partial charge in [0.25, 0.3) is 0 Å². The number of aldehydes is 1. The third-order valence-corrected chi connectivity index (χ3v) is 1.98. The van der Waals surface area contributed by atoms with Crippen molar-refractivity contribution in [3.8, 4) is 0 Å². The number of rotatable bonds is 7. The predicted octanol–water partition coefficient (Wildman–Crippen LogP) is 3.68. The molecule has 1 atom stereocenters. The smallest absolute Gasteiger partial charge is 0.120 e. The fourth-order valence-corrected chi connectivity index (χ4v) is 1.10. The van der Waals surface area contributed by atoms with Crippen LogP contribution in [0.3, 0.4) is 0 Å². The molecule has 1 nitrogen and oxygen atoms in total. The zero-order chi connectivity index (χ0) is 10.6. The zero-order valence-electron chi connectivity index (χ0n) is 9.15. The molecular formula is C13H20O. The third-order valence-electron chi connectivity index (χ3n) is 1.98. The largest absolute Gasteiger partial charge is 0.303 e. The van der Waals surface area contributed by atoms with Gasteiger partial charge in [-0.25, -0.2) is 0 Å². The Labute approximate surface area is 87.2 Å². The molecule has 0 aliphatic carbocycles. The van der Waals surface area contributed by atoms with Crippen LogP contribution in [0.1, 0.15) is 33.1 Å². The maximum absolute atomic E-state index is 10.1. The maximum atomic E-state index is 10.1. The van der Waals surface area contributed by atoms with E-state index in [-0.39, 0.29) is 0 Å². The zero-order valence-corrected chi connectivity index (χ0v) is 9.15. The van der Waals surface area contributed by atoms with E-state index in [9.17, 15) is 4.79 Å². The molecule has 0 amide bonds. The van der Waals surface area contributed by atoms with Gasteiger partial charge in [0.1, 0.15) is 6.29 Å². The Kier molecular flexibility index (Phi) is 9.18. The van der Waals surface area contributed by atoms with E-state index in [1.54, 1.807) is 0 Å². The van der Waals surface area contributed by atoms with Gasteiger partial charge in [0.05, 0.1) is 0 Å². The van der Waals surface area contributed by atoms with Gasteiger partial charge in [-0.15, -0.1) is 0 Å². The van der Waals surface area contributed by atoms with Crippen LogP contribution in [-0.2, 0) is 4.79 Å². The van der Waals surface area contributed by atoms with Crippen LogP contribution in [0.2, 0.25) is 0 Å². The van der Waals surface area contributed by atoms with E-state index in [4.69, 9.17) is 0 Å². The first-order chi connectivity index (χ1) is 6.81. The summed E-state index contributed by atoms with van der Waals surface area (Å²) >= 11 is 0. The summed E-state index contributed by atoms with van der Waals surface area (Å²) in [6.07, 6.45) is 15.9. The van der Waals surface area contributed by atoms with Crippen molar-refractivity contribution in [1.29, 1.82) is 0 Å². The Morgan fingerprint density at radius 3 is 2.50 bits per heavy atom. The average molecular weight is 192 g/mol. The lowest BCUT2D eigenvalue weighted by molar-refractivity contribution is -0.108. The molecule has 0 saturated heterocycles. The summed E-state index contributed by atoms with van der Waals surface area (Å²) in [6, 6.07) is 0. The number of carbonyl (C=O) groups excluding carboxylic acids is 1. The second-order valence-electron chi connectivity index (χ2n) is 3.42. The highest BCUT2D eigenvalue weighted by Crippen LogP contribution is 2.09. The molecule has 0 heterocycles. The molecule has 0 radical (unpaired) electrons. The second kappa shape index (κ2) is 9.97. The fraction of sp³-hybridized carbons (Fsp3) is 0.462. The molecule has 0 bridgehead atoms. The lowest BCUT2D eigenvalue weighted by Gasteiger charge is -2.03. The Hall–Kier alpha value is -1.11. The second-order valence-corrected chi connectivity index (χ2v) is 3.42. The van der Waals surface area contributed by atoms with Gasteiger partial charge in [-0.3, -0.25) is 0 Å². The summed E-state index contributed by atoms with van der Waals surface area (Å²) in [6.45, 7) is 4.17. The number of allylic oxidation sites excluding steroid dienone is 6. The van der Waals surface area contributed by atoms with E-state index in [1.165, 1.54) is 0 Å². The van der Waals surface area contributed by atoms with E-state index in [2.05, 4.69) is 19.1 Å². The summed E-state index contributed by atoms with van der Waals surface area (Å²) < 4.78 is 0. The Bertz CT molecular complexity index is 211. The van der Waals surface area contributed by atoms with Gasteiger partial charge in [-0.05, 0) is 25.7 Å². The van der Waals surface area contributed by atoms with E-state index < -0.39 is 0 Å². The van der Waals surface area contributed by atoms with Gasteiger partial charge >= 0.3 is 0 Å². The Morgan fingerprint density at radius 2 is 1.86 bits per heavy atom. The molecule has 1 heteroatoms. The molecule has 0 fully saturated rings. The number of carbonyl (C=O) groups is 1. The van der Waals surface area contributed by atoms with Crippen molar-refractivity contribution >= 4 is 6.29 Å². The topological polar surface area (TPSA) is 17.1 Å². The molecular weight excluding hydrogens is 172 g/mol. The van der Waals surface area contributed by atoms with Crippen molar-refractivity contribution in [3.63, 3.8) is 0 Å². The molecule has 0 unspecified atom stereocenters. The molecule has 0 saturated carbocycles. The SMILES string of the molecule is C/C=C/C=C/C=C/C[C@H](C)CCC=O. The van der Waals surface area contributed by atoms with Crippen molar-refractivity contribution in [1.82, 2.24) is 0 Å². The lowest BCUT2D eigenvalue weighted by atomic mass is 10.0. The van der Waals surface area contributed by atoms with Gasteiger partial charge in [0, 0.05) is 6.42 Å². The summed E-state index contributed by atoms with van der Waals surface area (Å²) in [5.74, 6) is 0.603. The van der Waals surface area contributed by atoms with E-state index in [0.29, 0.717) is 12.3 Å². The maximum Gasteiger partial charge on any atom is 0.120 e. The quantitative estimate of drug-likeness (QED) is 0.444. The molecule has 0 aromatic carbocycles. The van der Waals surface area contributed by atoms with Gasteiger partial charge in [0.15, 0.2) is 0 Å². The number of hydrogen-bond donors (Lipinski definition) is 0. The van der Waals surface area contributed by atoms with Crippen LogP contribution in [0, 0.1) is 5.92 Å². The van der Waals surface area contributed by atoms with Crippen LogP contribution in [0.5, 0.6) is 0 Å². The lowest BCUT2D eigenvalue weighted by Crippen LogP contribution is -1.92.